The Labute approximate surface area is 124 Å². The van der Waals surface area contributed by atoms with Crippen LogP contribution in [-0.4, -0.2) is 30.1 Å². The molecular formula is C15H22N2O2S. The fourth-order valence-electron chi connectivity index (χ4n) is 2.60. The average Bonchev–Trinajstić information content (AvgIpc) is 2.86. The lowest BCUT2D eigenvalue weighted by Gasteiger charge is -2.14. The second-order valence-electron chi connectivity index (χ2n) is 5.01. The molecule has 0 aromatic heterocycles. The van der Waals surface area contributed by atoms with Crippen molar-refractivity contribution in [3.63, 3.8) is 0 Å². The molecule has 1 aliphatic carbocycles. The van der Waals surface area contributed by atoms with Crippen LogP contribution in [0, 0.1) is 0 Å². The Morgan fingerprint density at radius 3 is 2.95 bits per heavy atom. The first-order chi connectivity index (χ1) is 9.63. The third-order valence-corrected chi connectivity index (χ3v) is 4.86. The van der Waals surface area contributed by atoms with Gasteiger partial charge in [0, 0.05) is 23.0 Å². The smallest absolute Gasteiger partial charge is 0.253 e. The van der Waals surface area contributed by atoms with Gasteiger partial charge in [0.15, 0.2) is 0 Å². The van der Waals surface area contributed by atoms with Crippen LogP contribution >= 0.6 is 11.8 Å². The second kappa shape index (κ2) is 6.88. The van der Waals surface area contributed by atoms with Crippen molar-refractivity contribution < 1.29 is 9.53 Å². The van der Waals surface area contributed by atoms with Crippen LogP contribution in [0.15, 0.2) is 18.2 Å². The normalized spacial score (nSPS) is 21.7. The van der Waals surface area contributed by atoms with Gasteiger partial charge in [0.1, 0.15) is 5.75 Å². The molecule has 0 saturated heterocycles. The molecule has 110 valence electrons. The molecule has 0 heterocycles. The maximum absolute atomic E-state index is 12.2. The van der Waals surface area contributed by atoms with Gasteiger partial charge in [-0.2, -0.15) is 11.8 Å². The molecule has 0 radical (unpaired) electrons. The molecule has 2 rings (SSSR count). The van der Waals surface area contributed by atoms with Crippen molar-refractivity contribution in [2.45, 2.75) is 37.5 Å². The van der Waals surface area contributed by atoms with Gasteiger partial charge in [0.05, 0.1) is 12.7 Å². The molecular weight excluding hydrogens is 272 g/mol. The summed E-state index contributed by atoms with van der Waals surface area (Å²) in [4.78, 5) is 12.2. The lowest BCUT2D eigenvalue weighted by molar-refractivity contribution is 0.0939. The largest absolute Gasteiger partial charge is 0.497 e. The first-order valence-corrected chi connectivity index (χ1v) is 8.05. The summed E-state index contributed by atoms with van der Waals surface area (Å²) in [5.41, 5.74) is 6.89. The Bertz CT molecular complexity index is 479. The number of carbonyl (C=O) groups excluding carboxylic acids is 1. The molecule has 1 aromatic rings. The van der Waals surface area contributed by atoms with Crippen LogP contribution < -0.4 is 15.8 Å². The molecule has 2 atom stereocenters. The van der Waals surface area contributed by atoms with Crippen molar-refractivity contribution in [3.8, 4) is 5.75 Å². The fourth-order valence-corrected chi connectivity index (χ4v) is 3.74. The van der Waals surface area contributed by atoms with Crippen molar-refractivity contribution >= 4 is 23.4 Å². The van der Waals surface area contributed by atoms with E-state index < -0.39 is 0 Å². The van der Waals surface area contributed by atoms with Gasteiger partial charge < -0.3 is 15.8 Å². The van der Waals surface area contributed by atoms with E-state index in [2.05, 4.69) is 12.2 Å². The Balaban J connectivity index is 1.95. The van der Waals surface area contributed by atoms with Crippen molar-refractivity contribution in [2.75, 3.05) is 18.6 Å². The molecule has 0 aliphatic heterocycles. The van der Waals surface area contributed by atoms with Crippen molar-refractivity contribution in [1.29, 1.82) is 0 Å². The molecule has 1 saturated carbocycles. The van der Waals surface area contributed by atoms with Gasteiger partial charge in [-0.25, -0.2) is 0 Å². The molecule has 1 aromatic carbocycles. The van der Waals surface area contributed by atoms with Gasteiger partial charge in [-0.1, -0.05) is 6.92 Å². The highest BCUT2D eigenvalue weighted by Crippen LogP contribution is 2.30. The third-order valence-electron chi connectivity index (χ3n) is 3.63. The summed E-state index contributed by atoms with van der Waals surface area (Å²) >= 11 is 1.98. The van der Waals surface area contributed by atoms with Crippen LogP contribution in [0.5, 0.6) is 5.75 Å². The number of nitrogens with one attached hydrogen (secondary N) is 1. The maximum Gasteiger partial charge on any atom is 0.253 e. The monoisotopic (exact) mass is 294 g/mol. The maximum atomic E-state index is 12.2. The summed E-state index contributed by atoms with van der Waals surface area (Å²) < 4.78 is 5.09. The fraction of sp³-hybridized carbons (Fsp3) is 0.533. The van der Waals surface area contributed by atoms with E-state index in [0.717, 1.165) is 18.6 Å². The van der Waals surface area contributed by atoms with E-state index in [9.17, 15) is 4.79 Å². The zero-order valence-corrected chi connectivity index (χ0v) is 12.8. The van der Waals surface area contributed by atoms with Crippen LogP contribution in [0.1, 0.15) is 36.5 Å². The highest BCUT2D eigenvalue weighted by Gasteiger charge is 2.26. The number of methoxy groups -OCH3 is 1. The van der Waals surface area contributed by atoms with E-state index in [1.807, 2.05) is 11.8 Å². The van der Waals surface area contributed by atoms with E-state index >= 15 is 0 Å². The van der Waals surface area contributed by atoms with Gasteiger partial charge >= 0.3 is 0 Å². The molecule has 1 aliphatic rings. The topological polar surface area (TPSA) is 64.3 Å². The number of carbonyl (C=O) groups is 1. The average molecular weight is 294 g/mol. The minimum absolute atomic E-state index is 0.0858. The first kappa shape index (κ1) is 15.0. The molecule has 20 heavy (non-hydrogen) atoms. The van der Waals surface area contributed by atoms with Gasteiger partial charge in [-0.3, -0.25) is 4.79 Å². The highest BCUT2D eigenvalue weighted by molar-refractivity contribution is 7.99. The molecule has 0 spiro atoms. The van der Waals surface area contributed by atoms with Crippen LogP contribution in [0.2, 0.25) is 0 Å². The van der Waals surface area contributed by atoms with Gasteiger partial charge in [0.2, 0.25) is 0 Å². The molecule has 2 unspecified atom stereocenters. The number of nitrogen functional groups attached to an aromatic ring is 1. The van der Waals surface area contributed by atoms with Crippen LogP contribution in [0.3, 0.4) is 0 Å². The quantitative estimate of drug-likeness (QED) is 0.820. The van der Waals surface area contributed by atoms with E-state index in [4.69, 9.17) is 10.5 Å². The summed E-state index contributed by atoms with van der Waals surface area (Å²) in [6.07, 6.45) is 3.29. The van der Waals surface area contributed by atoms with Gasteiger partial charge in [-0.15, -0.1) is 0 Å². The Morgan fingerprint density at radius 1 is 1.50 bits per heavy atom. The van der Waals surface area contributed by atoms with E-state index in [1.54, 1.807) is 25.3 Å². The number of benzene rings is 1. The van der Waals surface area contributed by atoms with Crippen LogP contribution in [0.25, 0.3) is 0 Å². The minimum Gasteiger partial charge on any atom is -0.497 e. The summed E-state index contributed by atoms with van der Waals surface area (Å²) in [5, 5.41) is 3.77. The molecule has 4 nitrogen and oxygen atoms in total. The van der Waals surface area contributed by atoms with Crippen LogP contribution in [0.4, 0.5) is 5.69 Å². The summed E-state index contributed by atoms with van der Waals surface area (Å²) in [5.74, 6) is 1.72. The first-order valence-electron chi connectivity index (χ1n) is 7.00. The molecule has 1 amide bonds. The Hall–Kier alpha value is -1.36. The SMILES string of the molecule is CCSC1CCC(NC(=O)c2ccc(OC)cc2N)C1. The Morgan fingerprint density at radius 2 is 2.30 bits per heavy atom. The molecule has 5 heteroatoms. The van der Waals surface area contributed by atoms with Crippen molar-refractivity contribution in [3.05, 3.63) is 23.8 Å². The highest BCUT2D eigenvalue weighted by atomic mass is 32.2. The minimum atomic E-state index is -0.0858. The number of amides is 1. The number of nitrogens with two attached hydrogens (primary N) is 1. The van der Waals surface area contributed by atoms with Gasteiger partial charge in [0.25, 0.3) is 5.91 Å². The number of thioether (sulfide) groups is 1. The number of rotatable bonds is 5. The summed E-state index contributed by atoms with van der Waals surface area (Å²) in [6, 6.07) is 5.43. The van der Waals surface area contributed by atoms with Gasteiger partial charge in [-0.05, 0) is 37.1 Å². The molecule has 1 fully saturated rings. The van der Waals surface area contributed by atoms with Crippen LogP contribution in [-0.2, 0) is 0 Å². The number of ether oxygens (including phenoxy) is 1. The number of anilines is 1. The lowest BCUT2D eigenvalue weighted by atomic mass is 10.1. The van der Waals surface area contributed by atoms with E-state index in [-0.39, 0.29) is 11.9 Å². The molecule has 3 N–H and O–H groups in total. The predicted octanol–water partition coefficient (Wildman–Crippen LogP) is 2.68. The van der Waals surface area contributed by atoms with E-state index in [1.165, 1.54) is 6.42 Å². The Kier molecular flexibility index (Phi) is 5.17. The zero-order valence-electron chi connectivity index (χ0n) is 12.0. The van der Waals surface area contributed by atoms with E-state index in [0.29, 0.717) is 22.3 Å². The standard InChI is InChI=1S/C15H22N2O2S/c1-3-20-12-6-4-10(8-12)17-15(18)13-7-5-11(19-2)9-14(13)16/h5,7,9-10,12H,3-4,6,8,16H2,1-2H3,(H,17,18). The van der Waals surface area contributed by atoms with Crippen molar-refractivity contribution in [2.24, 2.45) is 0 Å². The predicted molar refractivity (Wildman–Crippen MR) is 84.4 cm³/mol. The third kappa shape index (κ3) is 3.60. The molecule has 0 bridgehead atoms. The lowest BCUT2D eigenvalue weighted by Crippen LogP contribution is -2.33. The summed E-state index contributed by atoms with van der Waals surface area (Å²) in [6.45, 7) is 2.18. The summed E-state index contributed by atoms with van der Waals surface area (Å²) in [7, 11) is 1.58. The number of hydrogen-bond donors (Lipinski definition) is 2. The second-order valence-corrected chi connectivity index (χ2v) is 6.59. The zero-order chi connectivity index (χ0) is 14.5. The number of hydrogen-bond acceptors (Lipinski definition) is 4. The van der Waals surface area contributed by atoms with Crippen molar-refractivity contribution in [1.82, 2.24) is 5.32 Å².